The number of ketones is 1. The number of hydrogen-bond acceptors (Lipinski definition) is 8. The Morgan fingerprint density at radius 1 is 0.944 bits per heavy atom. The Morgan fingerprint density at radius 3 is 2.06 bits per heavy atom. The Kier molecular flexibility index (Phi) is 8.47. The van der Waals surface area contributed by atoms with Crippen molar-refractivity contribution in [3.8, 4) is 23.0 Å². The third-order valence-corrected chi connectivity index (χ3v) is 6.22. The minimum absolute atomic E-state index is 0.00342. The van der Waals surface area contributed by atoms with E-state index in [4.69, 9.17) is 18.9 Å². The topological polar surface area (TPSA) is 97.8 Å². The summed E-state index contributed by atoms with van der Waals surface area (Å²) in [6.07, 6.45) is 0.641. The van der Waals surface area contributed by atoms with Crippen molar-refractivity contribution in [3.05, 3.63) is 52.6 Å². The van der Waals surface area contributed by atoms with Gasteiger partial charge in [-0.1, -0.05) is 0 Å². The molecule has 1 heterocycles. The highest BCUT2D eigenvalue weighted by molar-refractivity contribution is 6.46. The largest absolute Gasteiger partial charge is 0.507 e. The summed E-state index contributed by atoms with van der Waals surface area (Å²) < 4.78 is 21.8. The van der Waals surface area contributed by atoms with Crippen LogP contribution in [-0.2, 0) is 9.59 Å². The van der Waals surface area contributed by atoms with Gasteiger partial charge in [0.15, 0.2) is 11.5 Å². The van der Waals surface area contributed by atoms with Crippen LogP contribution < -0.4 is 18.9 Å². The third kappa shape index (κ3) is 5.11. The van der Waals surface area contributed by atoms with Gasteiger partial charge in [0.2, 0.25) is 5.75 Å². The Bertz CT molecular complexity index is 1150. The van der Waals surface area contributed by atoms with Gasteiger partial charge in [-0.3, -0.25) is 9.59 Å². The molecule has 9 nitrogen and oxygen atoms in total. The van der Waals surface area contributed by atoms with E-state index in [2.05, 4.69) is 0 Å². The number of aryl methyl sites for hydroxylation is 1. The van der Waals surface area contributed by atoms with Crippen molar-refractivity contribution in [3.63, 3.8) is 0 Å². The molecule has 2 aromatic carbocycles. The molecular formula is C27H34N2O7. The standard InChI is InChI=1S/C27H34N2O7/c1-16-13-17(9-10-19(16)33-4)24(30)22-23(29(27(32)25(22)31)12-8-11-28(2)3)18-14-20(34-5)26(36-7)21(15-18)35-6/h9-10,13-15,23,30H,8,11-12H2,1-7H3/b24-22+/t23-/m0/s1. The first kappa shape index (κ1) is 26.9. The fourth-order valence-electron chi connectivity index (χ4n) is 4.45. The minimum atomic E-state index is -0.844. The van der Waals surface area contributed by atoms with Crippen molar-refractivity contribution in [1.29, 1.82) is 0 Å². The van der Waals surface area contributed by atoms with Crippen LogP contribution in [0.4, 0.5) is 0 Å². The molecular weight excluding hydrogens is 464 g/mol. The van der Waals surface area contributed by atoms with E-state index >= 15 is 0 Å². The number of methoxy groups -OCH3 is 4. The minimum Gasteiger partial charge on any atom is -0.507 e. The normalized spacial score (nSPS) is 17.0. The lowest BCUT2D eigenvalue weighted by molar-refractivity contribution is -0.139. The van der Waals surface area contributed by atoms with Crippen molar-refractivity contribution < 1.29 is 33.6 Å². The maximum absolute atomic E-state index is 13.3. The van der Waals surface area contributed by atoms with Crippen LogP contribution in [-0.4, -0.2) is 82.2 Å². The summed E-state index contributed by atoms with van der Waals surface area (Å²) in [7, 11) is 9.93. The van der Waals surface area contributed by atoms with Gasteiger partial charge < -0.3 is 33.9 Å². The van der Waals surface area contributed by atoms with Gasteiger partial charge >= 0.3 is 0 Å². The monoisotopic (exact) mass is 498 g/mol. The number of amides is 1. The molecule has 0 radical (unpaired) electrons. The number of benzene rings is 2. The van der Waals surface area contributed by atoms with Crippen LogP contribution in [0.15, 0.2) is 35.9 Å². The average molecular weight is 499 g/mol. The molecule has 0 saturated carbocycles. The quantitative estimate of drug-likeness (QED) is 0.302. The van der Waals surface area contributed by atoms with Gasteiger partial charge in [-0.25, -0.2) is 0 Å². The van der Waals surface area contributed by atoms with E-state index in [0.29, 0.717) is 47.1 Å². The van der Waals surface area contributed by atoms with Crippen LogP contribution >= 0.6 is 0 Å². The van der Waals surface area contributed by atoms with Gasteiger partial charge in [-0.2, -0.15) is 0 Å². The number of ether oxygens (including phenoxy) is 4. The molecule has 0 bridgehead atoms. The van der Waals surface area contributed by atoms with Gasteiger partial charge in [0.25, 0.3) is 11.7 Å². The van der Waals surface area contributed by atoms with E-state index in [1.807, 2.05) is 25.9 Å². The van der Waals surface area contributed by atoms with Crippen LogP contribution in [0.3, 0.4) is 0 Å². The summed E-state index contributed by atoms with van der Waals surface area (Å²) in [6.45, 7) is 2.89. The highest BCUT2D eigenvalue weighted by atomic mass is 16.5. The van der Waals surface area contributed by atoms with E-state index in [1.165, 1.54) is 26.2 Å². The van der Waals surface area contributed by atoms with Crippen molar-refractivity contribution in [1.82, 2.24) is 9.80 Å². The van der Waals surface area contributed by atoms with E-state index < -0.39 is 17.7 Å². The number of Topliss-reactive ketones (excluding diaryl/α,β-unsaturated/α-hetero) is 1. The van der Waals surface area contributed by atoms with Crippen LogP contribution in [0.25, 0.3) is 5.76 Å². The maximum Gasteiger partial charge on any atom is 0.295 e. The zero-order valence-corrected chi connectivity index (χ0v) is 21.9. The summed E-state index contributed by atoms with van der Waals surface area (Å²) >= 11 is 0. The molecule has 2 aromatic rings. The summed E-state index contributed by atoms with van der Waals surface area (Å²) in [4.78, 5) is 30.0. The van der Waals surface area contributed by atoms with Crippen LogP contribution in [0.2, 0.25) is 0 Å². The molecule has 1 atom stereocenters. The first-order chi connectivity index (χ1) is 17.2. The second-order valence-electron chi connectivity index (χ2n) is 8.79. The predicted molar refractivity (Wildman–Crippen MR) is 136 cm³/mol. The highest BCUT2D eigenvalue weighted by Crippen LogP contribution is 2.45. The lowest BCUT2D eigenvalue weighted by Crippen LogP contribution is -2.32. The molecule has 1 saturated heterocycles. The Hall–Kier alpha value is -3.72. The molecule has 3 rings (SSSR count). The number of carbonyl (C=O) groups excluding carboxylic acids is 2. The Balaban J connectivity index is 2.23. The van der Waals surface area contributed by atoms with Crippen molar-refractivity contribution in [2.24, 2.45) is 0 Å². The number of aliphatic hydroxyl groups excluding tert-OH is 1. The van der Waals surface area contributed by atoms with Crippen LogP contribution in [0, 0.1) is 6.92 Å². The van der Waals surface area contributed by atoms with Crippen LogP contribution in [0.5, 0.6) is 23.0 Å². The molecule has 1 aliphatic rings. The van der Waals surface area contributed by atoms with Gasteiger partial charge in [0, 0.05) is 12.1 Å². The lowest BCUT2D eigenvalue weighted by Gasteiger charge is -2.27. The van der Waals surface area contributed by atoms with E-state index in [0.717, 1.165) is 12.1 Å². The number of nitrogens with zero attached hydrogens (tertiary/aromatic N) is 2. The maximum atomic E-state index is 13.3. The van der Waals surface area contributed by atoms with E-state index in [1.54, 1.807) is 37.4 Å². The highest BCUT2D eigenvalue weighted by Gasteiger charge is 2.46. The number of aliphatic hydroxyl groups is 1. The molecule has 194 valence electrons. The number of carbonyl (C=O) groups is 2. The first-order valence-corrected chi connectivity index (χ1v) is 11.6. The van der Waals surface area contributed by atoms with E-state index in [9.17, 15) is 14.7 Å². The Morgan fingerprint density at radius 2 is 1.56 bits per heavy atom. The third-order valence-electron chi connectivity index (χ3n) is 6.22. The van der Waals surface area contributed by atoms with Gasteiger partial charge in [-0.05, 0) is 75.4 Å². The average Bonchev–Trinajstić information content (AvgIpc) is 3.12. The summed E-state index contributed by atoms with van der Waals surface area (Å²) in [6, 6.07) is 7.65. The van der Waals surface area contributed by atoms with Gasteiger partial charge in [-0.15, -0.1) is 0 Å². The molecule has 36 heavy (non-hydrogen) atoms. The summed E-state index contributed by atoms with van der Waals surface area (Å²) in [5.74, 6) is 0.129. The Labute approximate surface area is 211 Å². The SMILES string of the molecule is COc1ccc(/C(O)=C2\C(=O)C(=O)N(CCCN(C)C)[C@H]2c2cc(OC)c(OC)c(OC)c2)cc1C. The molecule has 0 aliphatic carbocycles. The van der Waals surface area contributed by atoms with Crippen molar-refractivity contribution in [2.45, 2.75) is 19.4 Å². The fourth-order valence-corrected chi connectivity index (χ4v) is 4.45. The summed E-state index contributed by atoms with van der Waals surface area (Å²) in [5.41, 5.74) is 1.76. The molecule has 9 heteroatoms. The molecule has 1 N–H and O–H groups in total. The first-order valence-electron chi connectivity index (χ1n) is 11.6. The number of hydrogen-bond donors (Lipinski definition) is 1. The lowest BCUT2D eigenvalue weighted by atomic mass is 9.94. The predicted octanol–water partition coefficient (Wildman–Crippen LogP) is 3.40. The van der Waals surface area contributed by atoms with Gasteiger partial charge in [0.1, 0.15) is 11.5 Å². The second-order valence-corrected chi connectivity index (χ2v) is 8.79. The van der Waals surface area contributed by atoms with Crippen molar-refractivity contribution in [2.75, 3.05) is 55.6 Å². The molecule has 1 fully saturated rings. The molecule has 1 aliphatic heterocycles. The smallest absolute Gasteiger partial charge is 0.295 e. The zero-order valence-electron chi connectivity index (χ0n) is 21.9. The second kappa shape index (κ2) is 11.3. The number of rotatable bonds is 10. The molecule has 1 amide bonds. The van der Waals surface area contributed by atoms with E-state index in [-0.39, 0.29) is 11.3 Å². The van der Waals surface area contributed by atoms with Crippen LogP contribution in [0.1, 0.15) is 29.2 Å². The zero-order chi connectivity index (χ0) is 26.6. The molecule has 0 spiro atoms. The molecule has 0 aromatic heterocycles. The summed E-state index contributed by atoms with van der Waals surface area (Å²) in [5, 5.41) is 11.4. The number of likely N-dealkylation sites (tertiary alicyclic amines) is 1. The van der Waals surface area contributed by atoms with Gasteiger partial charge in [0.05, 0.1) is 40.1 Å². The van der Waals surface area contributed by atoms with Crippen molar-refractivity contribution >= 4 is 17.4 Å². The molecule has 0 unspecified atom stereocenters. The fraction of sp³-hybridized carbons (Fsp3) is 0.407.